The normalized spacial score (nSPS) is 10.4. The average molecular weight is 390 g/mol. The summed E-state index contributed by atoms with van der Waals surface area (Å²) >= 11 is 0. The van der Waals surface area contributed by atoms with Crippen LogP contribution < -0.4 is 11.0 Å². The Bertz CT molecular complexity index is 1230. The standard InChI is InChI=1S/C16H16N4O3.C6H6/c1-3-7-20-13(17)10(16(22)23-2)9-11-14(20)18-12-6-4-5-8-19(12)15(11)21;1-2-4-6-5-3-1/h4-6,8-9,17H,3,7H2,1-2H3;1-6H. The molecule has 1 N–H and O–H groups in total. The van der Waals surface area contributed by atoms with Crippen LogP contribution in [-0.2, 0) is 11.3 Å². The highest BCUT2D eigenvalue weighted by Gasteiger charge is 2.17. The number of fused-ring (bicyclic) bond motifs is 2. The summed E-state index contributed by atoms with van der Waals surface area (Å²) in [4.78, 5) is 29.1. The third kappa shape index (κ3) is 4.08. The molecule has 0 spiro atoms. The van der Waals surface area contributed by atoms with Crippen molar-refractivity contribution in [1.82, 2.24) is 14.0 Å². The van der Waals surface area contributed by atoms with Gasteiger partial charge in [-0.25, -0.2) is 9.78 Å². The fourth-order valence-corrected chi connectivity index (χ4v) is 2.98. The van der Waals surface area contributed by atoms with Crippen LogP contribution in [0.3, 0.4) is 0 Å². The molecular weight excluding hydrogens is 368 g/mol. The second-order valence-electron chi connectivity index (χ2n) is 6.29. The number of nitrogens with zero attached hydrogens (tertiary/aromatic N) is 3. The molecule has 3 aromatic heterocycles. The number of carbonyl (C=O) groups is 1. The van der Waals surface area contributed by atoms with Gasteiger partial charge in [-0.15, -0.1) is 0 Å². The van der Waals surface area contributed by atoms with Crippen molar-refractivity contribution in [3.8, 4) is 0 Å². The van der Waals surface area contributed by atoms with Crippen molar-refractivity contribution in [3.05, 3.63) is 88.3 Å². The van der Waals surface area contributed by atoms with Crippen LogP contribution in [0.25, 0.3) is 16.7 Å². The quantitative estimate of drug-likeness (QED) is 0.430. The molecule has 0 radical (unpaired) electrons. The summed E-state index contributed by atoms with van der Waals surface area (Å²) in [5, 5.41) is 8.55. The molecule has 0 fully saturated rings. The Kier molecular flexibility index (Phi) is 6.19. The molecule has 0 amide bonds. The fraction of sp³-hybridized carbons (Fsp3) is 0.182. The SMILES string of the molecule is CCCn1c(=N)c(C(=O)OC)cc2c(=O)n3ccccc3nc21.c1ccccc1. The molecule has 0 bridgehead atoms. The predicted octanol–water partition coefficient (Wildman–Crippen LogP) is 3.01. The summed E-state index contributed by atoms with van der Waals surface area (Å²) in [5.41, 5.74) is 0.683. The molecule has 7 nitrogen and oxygen atoms in total. The number of ether oxygens (including phenoxy) is 1. The van der Waals surface area contributed by atoms with Gasteiger partial charge in [-0.3, -0.25) is 14.6 Å². The van der Waals surface area contributed by atoms with Crippen LogP contribution in [0, 0.1) is 5.41 Å². The monoisotopic (exact) mass is 390 g/mol. The van der Waals surface area contributed by atoms with Crippen molar-refractivity contribution in [2.24, 2.45) is 0 Å². The van der Waals surface area contributed by atoms with Crippen LogP contribution in [-0.4, -0.2) is 27.0 Å². The van der Waals surface area contributed by atoms with E-state index in [2.05, 4.69) is 4.98 Å². The number of aromatic nitrogens is 3. The van der Waals surface area contributed by atoms with Gasteiger partial charge in [0.15, 0.2) is 0 Å². The smallest absolute Gasteiger partial charge is 0.341 e. The van der Waals surface area contributed by atoms with Crippen LogP contribution in [0.15, 0.2) is 71.7 Å². The number of aryl methyl sites for hydroxylation is 1. The average Bonchev–Trinajstić information content (AvgIpc) is 2.77. The topological polar surface area (TPSA) is 89.5 Å². The highest BCUT2D eigenvalue weighted by atomic mass is 16.5. The van der Waals surface area contributed by atoms with E-state index in [1.54, 1.807) is 29.0 Å². The van der Waals surface area contributed by atoms with Crippen molar-refractivity contribution in [2.75, 3.05) is 7.11 Å². The number of methoxy groups -OCH3 is 1. The minimum Gasteiger partial charge on any atom is -0.465 e. The number of esters is 1. The molecule has 0 aliphatic carbocycles. The Balaban J connectivity index is 0.000000343. The Labute approximate surface area is 167 Å². The second-order valence-corrected chi connectivity index (χ2v) is 6.29. The minimum absolute atomic E-state index is 0.00150. The van der Waals surface area contributed by atoms with Crippen LogP contribution in [0.5, 0.6) is 0 Å². The Hall–Kier alpha value is -3.74. The molecule has 0 aliphatic rings. The summed E-state index contributed by atoms with van der Waals surface area (Å²) in [6, 6.07) is 18.7. The molecule has 0 saturated heterocycles. The summed E-state index contributed by atoms with van der Waals surface area (Å²) in [5.74, 6) is -0.640. The number of carbonyl (C=O) groups excluding carboxylic acids is 1. The van der Waals surface area contributed by atoms with E-state index in [4.69, 9.17) is 10.1 Å². The highest BCUT2D eigenvalue weighted by Crippen LogP contribution is 2.11. The van der Waals surface area contributed by atoms with Crippen molar-refractivity contribution in [2.45, 2.75) is 19.9 Å². The molecular formula is C22H22N4O3. The van der Waals surface area contributed by atoms with Crippen molar-refractivity contribution >= 4 is 22.6 Å². The van der Waals surface area contributed by atoms with Crippen LogP contribution in [0.4, 0.5) is 0 Å². The zero-order valence-electron chi connectivity index (χ0n) is 16.3. The largest absolute Gasteiger partial charge is 0.465 e. The van der Waals surface area contributed by atoms with Gasteiger partial charge in [-0.05, 0) is 24.6 Å². The first-order valence-corrected chi connectivity index (χ1v) is 9.26. The van der Waals surface area contributed by atoms with E-state index in [1.807, 2.05) is 43.3 Å². The van der Waals surface area contributed by atoms with Crippen molar-refractivity contribution in [3.63, 3.8) is 0 Å². The van der Waals surface area contributed by atoms with E-state index in [9.17, 15) is 9.59 Å². The molecule has 0 unspecified atom stereocenters. The van der Waals surface area contributed by atoms with Gasteiger partial charge in [0.1, 0.15) is 22.3 Å². The van der Waals surface area contributed by atoms with E-state index < -0.39 is 5.97 Å². The van der Waals surface area contributed by atoms with Gasteiger partial charge in [0.05, 0.1) is 12.5 Å². The van der Waals surface area contributed by atoms with Gasteiger partial charge in [0.25, 0.3) is 5.56 Å². The van der Waals surface area contributed by atoms with E-state index in [-0.39, 0.29) is 16.6 Å². The van der Waals surface area contributed by atoms with E-state index in [1.165, 1.54) is 17.6 Å². The summed E-state index contributed by atoms with van der Waals surface area (Å²) in [6.07, 6.45) is 2.37. The lowest BCUT2D eigenvalue weighted by Gasteiger charge is -2.13. The van der Waals surface area contributed by atoms with E-state index in [0.717, 1.165) is 6.42 Å². The highest BCUT2D eigenvalue weighted by molar-refractivity contribution is 5.93. The predicted molar refractivity (Wildman–Crippen MR) is 111 cm³/mol. The summed E-state index contributed by atoms with van der Waals surface area (Å²) in [6.45, 7) is 2.44. The first-order valence-electron chi connectivity index (χ1n) is 9.26. The number of hydrogen-bond acceptors (Lipinski definition) is 5. The van der Waals surface area contributed by atoms with Gasteiger partial charge in [-0.2, -0.15) is 0 Å². The molecule has 4 aromatic rings. The first kappa shape index (κ1) is 20.0. The van der Waals surface area contributed by atoms with Gasteiger partial charge >= 0.3 is 5.97 Å². The van der Waals surface area contributed by atoms with Crippen LogP contribution in [0.2, 0.25) is 0 Å². The zero-order valence-corrected chi connectivity index (χ0v) is 16.3. The maximum Gasteiger partial charge on any atom is 0.341 e. The molecule has 1 aromatic carbocycles. The fourth-order valence-electron chi connectivity index (χ4n) is 2.98. The van der Waals surface area contributed by atoms with Crippen molar-refractivity contribution in [1.29, 1.82) is 5.41 Å². The molecule has 148 valence electrons. The van der Waals surface area contributed by atoms with E-state index >= 15 is 0 Å². The second kappa shape index (κ2) is 8.97. The third-order valence-electron chi connectivity index (χ3n) is 4.34. The molecule has 0 atom stereocenters. The molecule has 7 heteroatoms. The van der Waals surface area contributed by atoms with Crippen LogP contribution in [0.1, 0.15) is 23.7 Å². The van der Waals surface area contributed by atoms with Crippen molar-refractivity contribution < 1.29 is 9.53 Å². The number of nitrogens with one attached hydrogen (secondary N) is 1. The molecule has 3 heterocycles. The maximum atomic E-state index is 12.7. The lowest BCUT2D eigenvalue weighted by molar-refractivity contribution is 0.0597. The zero-order chi connectivity index (χ0) is 20.8. The number of rotatable bonds is 3. The first-order chi connectivity index (χ1) is 14.1. The third-order valence-corrected chi connectivity index (χ3v) is 4.34. The Morgan fingerprint density at radius 2 is 1.76 bits per heavy atom. The van der Waals surface area contributed by atoms with Gasteiger partial charge in [0, 0.05) is 12.7 Å². The number of benzene rings is 1. The van der Waals surface area contributed by atoms with Gasteiger partial charge in [0.2, 0.25) is 0 Å². The summed E-state index contributed by atoms with van der Waals surface area (Å²) in [7, 11) is 1.25. The molecule has 29 heavy (non-hydrogen) atoms. The van der Waals surface area contributed by atoms with Gasteiger partial charge in [-0.1, -0.05) is 49.4 Å². The number of hydrogen-bond donors (Lipinski definition) is 1. The van der Waals surface area contributed by atoms with Crippen LogP contribution >= 0.6 is 0 Å². The lowest BCUT2D eigenvalue weighted by atomic mass is 10.2. The minimum atomic E-state index is -0.640. The Morgan fingerprint density at radius 3 is 2.34 bits per heavy atom. The maximum absolute atomic E-state index is 12.7. The van der Waals surface area contributed by atoms with Gasteiger partial charge < -0.3 is 9.30 Å². The Morgan fingerprint density at radius 1 is 1.10 bits per heavy atom. The summed E-state index contributed by atoms with van der Waals surface area (Å²) < 4.78 is 7.72. The lowest BCUT2D eigenvalue weighted by Crippen LogP contribution is -2.30. The van der Waals surface area contributed by atoms with E-state index in [0.29, 0.717) is 23.2 Å². The molecule has 4 rings (SSSR count). The molecule has 0 aliphatic heterocycles. The number of pyridine rings is 2. The molecule has 0 saturated carbocycles.